The molecule has 2 heterocycles. The van der Waals surface area contributed by atoms with Crippen molar-refractivity contribution in [3.63, 3.8) is 0 Å². The maximum atomic E-state index is 12.2. The van der Waals surface area contributed by atoms with Crippen LogP contribution >= 0.6 is 0 Å². The molecule has 1 aliphatic rings. The lowest BCUT2D eigenvalue weighted by Gasteiger charge is -2.31. The quantitative estimate of drug-likeness (QED) is 0.611. The number of carbonyl (C=O) groups excluding carboxylic acids is 1. The minimum atomic E-state index is -0.545. The fraction of sp³-hybridized carbons (Fsp3) is 0.667. The number of nitrogens with zero attached hydrogens (tertiary/aromatic N) is 4. The zero-order valence-electron chi connectivity index (χ0n) is 11.2. The molecule has 1 unspecified atom stereocenters. The van der Waals surface area contributed by atoms with E-state index in [0.29, 0.717) is 11.7 Å². The van der Waals surface area contributed by atoms with E-state index in [1.807, 2.05) is 4.90 Å². The summed E-state index contributed by atoms with van der Waals surface area (Å²) in [6.45, 7) is 5.47. The molecule has 1 aromatic rings. The van der Waals surface area contributed by atoms with Crippen molar-refractivity contribution < 1.29 is 9.72 Å². The van der Waals surface area contributed by atoms with Crippen LogP contribution in [0.15, 0.2) is 6.20 Å². The first-order chi connectivity index (χ1) is 8.97. The summed E-state index contributed by atoms with van der Waals surface area (Å²) in [6.07, 6.45) is 3.50. The van der Waals surface area contributed by atoms with Crippen LogP contribution in [0.2, 0.25) is 0 Å². The van der Waals surface area contributed by atoms with Crippen LogP contribution in [0.1, 0.15) is 25.6 Å². The van der Waals surface area contributed by atoms with Crippen molar-refractivity contribution in [2.24, 2.45) is 5.92 Å². The van der Waals surface area contributed by atoms with Gasteiger partial charge < -0.3 is 15.0 Å². The summed E-state index contributed by atoms with van der Waals surface area (Å²) in [5.74, 6) is 0.806. The van der Waals surface area contributed by atoms with Gasteiger partial charge in [0.2, 0.25) is 11.7 Å². The largest absolute Gasteiger partial charge is 0.381 e. The third-order valence-corrected chi connectivity index (χ3v) is 3.47. The van der Waals surface area contributed by atoms with Crippen LogP contribution in [0, 0.1) is 23.0 Å². The highest BCUT2D eigenvalue weighted by atomic mass is 16.6. The van der Waals surface area contributed by atoms with E-state index in [1.54, 1.807) is 11.5 Å². The number of imidazole rings is 1. The number of carbonyl (C=O) groups is 1. The molecular weight excluding hydrogens is 248 g/mol. The number of likely N-dealkylation sites (tertiary alicyclic amines) is 1. The zero-order valence-corrected chi connectivity index (χ0v) is 11.2. The van der Waals surface area contributed by atoms with Crippen LogP contribution in [0.25, 0.3) is 0 Å². The first-order valence-electron chi connectivity index (χ1n) is 6.43. The van der Waals surface area contributed by atoms with Gasteiger partial charge in [0.05, 0.1) is 0 Å². The predicted molar refractivity (Wildman–Crippen MR) is 68.6 cm³/mol. The Balaban J connectivity index is 2.04. The van der Waals surface area contributed by atoms with Crippen LogP contribution in [0.3, 0.4) is 0 Å². The van der Waals surface area contributed by atoms with E-state index in [2.05, 4.69) is 11.9 Å². The van der Waals surface area contributed by atoms with Gasteiger partial charge in [-0.15, -0.1) is 0 Å². The first kappa shape index (κ1) is 13.5. The number of amides is 1. The van der Waals surface area contributed by atoms with Crippen molar-refractivity contribution in [3.05, 3.63) is 22.1 Å². The summed E-state index contributed by atoms with van der Waals surface area (Å²) in [6, 6.07) is 0. The van der Waals surface area contributed by atoms with Gasteiger partial charge in [-0.3, -0.25) is 9.36 Å². The van der Waals surface area contributed by atoms with Gasteiger partial charge >= 0.3 is 5.82 Å². The number of piperidine rings is 1. The monoisotopic (exact) mass is 266 g/mol. The summed E-state index contributed by atoms with van der Waals surface area (Å²) in [5, 5.41) is 10.6. The molecule has 1 aliphatic heterocycles. The highest BCUT2D eigenvalue weighted by molar-refractivity contribution is 5.76. The van der Waals surface area contributed by atoms with Crippen molar-refractivity contribution >= 4 is 11.7 Å². The number of nitro groups is 1. The summed E-state index contributed by atoms with van der Waals surface area (Å²) in [5.41, 5.74) is 0. The van der Waals surface area contributed by atoms with Gasteiger partial charge in [0.25, 0.3) is 0 Å². The molecule has 1 saturated heterocycles. The second kappa shape index (κ2) is 5.38. The van der Waals surface area contributed by atoms with Crippen LogP contribution in [-0.2, 0) is 11.3 Å². The summed E-state index contributed by atoms with van der Waals surface area (Å²) < 4.78 is 1.54. The average molecular weight is 266 g/mol. The second-order valence-corrected chi connectivity index (χ2v) is 5.12. The molecule has 19 heavy (non-hydrogen) atoms. The second-order valence-electron chi connectivity index (χ2n) is 5.12. The van der Waals surface area contributed by atoms with E-state index in [-0.39, 0.29) is 18.3 Å². The standard InChI is InChI=1S/C12H18N4O3/c1-9-4-3-5-14(6-9)12(17)8-15-7-11(16(18)19)13-10(15)2/h7,9H,3-6,8H2,1-2H3. The van der Waals surface area contributed by atoms with E-state index in [0.717, 1.165) is 25.9 Å². The van der Waals surface area contributed by atoms with Gasteiger partial charge in [-0.05, 0) is 28.7 Å². The number of hydrogen-bond acceptors (Lipinski definition) is 4. The first-order valence-corrected chi connectivity index (χ1v) is 6.43. The van der Waals surface area contributed by atoms with Crippen LogP contribution < -0.4 is 0 Å². The number of aromatic nitrogens is 2. The maximum Gasteiger partial charge on any atom is 0.381 e. The molecule has 1 fully saturated rings. The third-order valence-electron chi connectivity index (χ3n) is 3.47. The SMILES string of the molecule is Cc1nc([N+](=O)[O-])cn1CC(=O)N1CCCC(C)C1. The Hall–Kier alpha value is -1.92. The fourth-order valence-electron chi connectivity index (χ4n) is 2.40. The molecule has 0 saturated carbocycles. The van der Waals surface area contributed by atoms with Gasteiger partial charge in [-0.25, -0.2) is 0 Å². The van der Waals surface area contributed by atoms with Crippen LogP contribution in [0.5, 0.6) is 0 Å². The van der Waals surface area contributed by atoms with E-state index in [4.69, 9.17) is 0 Å². The van der Waals surface area contributed by atoms with Crippen molar-refractivity contribution in [1.82, 2.24) is 14.5 Å². The Morgan fingerprint density at radius 2 is 2.37 bits per heavy atom. The lowest BCUT2D eigenvalue weighted by atomic mass is 10.0. The summed E-state index contributed by atoms with van der Waals surface area (Å²) in [4.78, 5) is 27.9. The lowest BCUT2D eigenvalue weighted by Crippen LogP contribution is -2.40. The Morgan fingerprint density at radius 3 is 2.95 bits per heavy atom. The third kappa shape index (κ3) is 3.10. The Labute approximate surface area is 111 Å². The van der Waals surface area contributed by atoms with Crippen molar-refractivity contribution in [1.29, 1.82) is 0 Å². The van der Waals surface area contributed by atoms with Gasteiger partial charge in [-0.2, -0.15) is 0 Å². The summed E-state index contributed by atoms with van der Waals surface area (Å²) >= 11 is 0. The molecule has 1 aromatic heterocycles. The molecule has 0 aliphatic carbocycles. The van der Waals surface area contributed by atoms with Crippen molar-refractivity contribution in [3.8, 4) is 0 Å². The number of aryl methyl sites for hydroxylation is 1. The smallest absolute Gasteiger partial charge is 0.358 e. The fourth-order valence-corrected chi connectivity index (χ4v) is 2.40. The molecule has 0 bridgehead atoms. The van der Waals surface area contributed by atoms with Crippen molar-refractivity contribution in [2.75, 3.05) is 13.1 Å². The molecule has 7 heteroatoms. The number of hydrogen-bond donors (Lipinski definition) is 0. The molecule has 7 nitrogen and oxygen atoms in total. The van der Waals surface area contributed by atoms with E-state index in [1.165, 1.54) is 6.20 Å². The molecule has 0 radical (unpaired) electrons. The van der Waals surface area contributed by atoms with E-state index < -0.39 is 4.92 Å². The molecule has 0 spiro atoms. The number of rotatable bonds is 3. The molecule has 2 rings (SSSR count). The average Bonchev–Trinajstić information content (AvgIpc) is 2.71. The maximum absolute atomic E-state index is 12.2. The predicted octanol–water partition coefficient (Wildman–Crippen LogP) is 1.36. The molecule has 0 aromatic carbocycles. The van der Waals surface area contributed by atoms with Gasteiger partial charge in [0.15, 0.2) is 0 Å². The van der Waals surface area contributed by atoms with E-state index in [9.17, 15) is 14.9 Å². The minimum absolute atomic E-state index is 0.00180. The molecule has 1 amide bonds. The van der Waals surface area contributed by atoms with Crippen LogP contribution in [0.4, 0.5) is 5.82 Å². The minimum Gasteiger partial charge on any atom is -0.358 e. The molecule has 104 valence electrons. The zero-order chi connectivity index (χ0) is 14.0. The Kier molecular flexibility index (Phi) is 3.82. The van der Waals surface area contributed by atoms with E-state index >= 15 is 0 Å². The normalized spacial score (nSPS) is 19.5. The topological polar surface area (TPSA) is 81.3 Å². The molecule has 1 atom stereocenters. The van der Waals surface area contributed by atoms with Crippen molar-refractivity contribution in [2.45, 2.75) is 33.2 Å². The Bertz CT molecular complexity index is 497. The summed E-state index contributed by atoms with van der Waals surface area (Å²) in [7, 11) is 0. The Morgan fingerprint density at radius 1 is 1.63 bits per heavy atom. The highest BCUT2D eigenvalue weighted by Crippen LogP contribution is 2.16. The van der Waals surface area contributed by atoms with Gasteiger partial charge in [-0.1, -0.05) is 6.92 Å². The van der Waals surface area contributed by atoms with Crippen LogP contribution in [-0.4, -0.2) is 38.4 Å². The van der Waals surface area contributed by atoms with Gasteiger partial charge in [0, 0.05) is 20.0 Å². The highest BCUT2D eigenvalue weighted by Gasteiger charge is 2.23. The molecule has 0 N–H and O–H groups in total. The van der Waals surface area contributed by atoms with Gasteiger partial charge in [0.1, 0.15) is 12.7 Å². The lowest BCUT2D eigenvalue weighted by molar-refractivity contribution is -0.389. The molecular formula is C12H18N4O3.